The van der Waals surface area contributed by atoms with E-state index < -0.39 is 0 Å². The molecule has 1 aliphatic heterocycles. The summed E-state index contributed by atoms with van der Waals surface area (Å²) < 4.78 is 5.99. The molecule has 1 aliphatic rings. The molecular formula is C18H19N5O. The molecule has 6 nitrogen and oxygen atoms in total. The summed E-state index contributed by atoms with van der Waals surface area (Å²) in [7, 11) is 0. The monoisotopic (exact) mass is 321 g/mol. The number of fused-ring (bicyclic) bond motifs is 1. The Morgan fingerprint density at radius 3 is 2.67 bits per heavy atom. The van der Waals surface area contributed by atoms with E-state index in [0.717, 1.165) is 42.7 Å². The minimum absolute atomic E-state index is 0.378. The summed E-state index contributed by atoms with van der Waals surface area (Å²) >= 11 is 0. The van der Waals surface area contributed by atoms with Gasteiger partial charge in [0, 0.05) is 24.7 Å². The van der Waals surface area contributed by atoms with Crippen LogP contribution in [0.15, 0.2) is 42.9 Å². The minimum atomic E-state index is 0.378. The van der Waals surface area contributed by atoms with Crippen molar-refractivity contribution in [2.24, 2.45) is 0 Å². The molecular weight excluding hydrogens is 302 g/mol. The van der Waals surface area contributed by atoms with Crippen molar-refractivity contribution in [3.8, 4) is 11.6 Å². The Hall–Kier alpha value is -2.89. The van der Waals surface area contributed by atoms with Gasteiger partial charge in [0.15, 0.2) is 11.6 Å². The number of pyridine rings is 1. The molecule has 1 fully saturated rings. The van der Waals surface area contributed by atoms with E-state index in [-0.39, 0.29) is 0 Å². The van der Waals surface area contributed by atoms with Crippen LogP contribution in [0.3, 0.4) is 0 Å². The number of hydrogen-bond donors (Lipinski definition) is 1. The zero-order chi connectivity index (χ0) is 16.4. The van der Waals surface area contributed by atoms with Crippen molar-refractivity contribution in [2.45, 2.75) is 19.3 Å². The second kappa shape index (κ2) is 6.31. The predicted octanol–water partition coefficient (Wildman–Crippen LogP) is 3.39. The number of benzene rings is 1. The van der Waals surface area contributed by atoms with Crippen molar-refractivity contribution in [3.63, 3.8) is 0 Å². The van der Waals surface area contributed by atoms with E-state index in [0.29, 0.717) is 17.3 Å². The van der Waals surface area contributed by atoms with Crippen molar-refractivity contribution >= 4 is 22.4 Å². The van der Waals surface area contributed by atoms with Crippen LogP contribution >= 0.6 is 0 Å². The highest BCUT2D eigenvalue weighted by molar-refractivity contribution is 5.84. The summed E-state index contributed by atoms with van der Waals surface area (Å²) in [6.07, 6.45) is 6.83. The van der Waals surface area contributed by atoms with E-state index in [1.165, 1.54) is 12.7 Å². The smallest absolute Gasteiger partial charge is 0.248 e. The van der Waals surface area contributed by atoms with Gasteiger partial charge in [0.05, 0.1) is 0 Å². The third-order valence-electron chi connectivity index (χ3n) is 4.28. The maximum atomic E-state index is 6.29. The molecule has 0 amide bonds. The van der Waals surface area contributed by atoms with Gasteiger partial charge in [0.25, 0.3) is 0 Å². The third kappa shape index (κ3) is 2.71. The fourth-order valence-electron chi connectivity index (χ4n) is 3.07. The molecule has 0 bridgehead atoms. The summed E-state index contributed by atoms with van der Waals surface area (Å²) in [5.41, 5.74) is 7.56. The average molecular weight is 321 g/mol. The summed E-state index contributed by atoms with van der Waals surface area (Å²) in [4.78, 5) is 15.2. The van der Waals surface area contributed by atoms with Crippen LogP contribution in [0.1, 0.15) is 19.3 Å². The van der Waals surface area contributed by atoms with E-state index in [2.05, 4.69) is 19.9 Å². The predicted molar refractivity (Wildman–Crippen MR) is 94.3 cm³/mol. The molecule has 1 saturated heterocycles. The zero-order valence-electron chi connectivity index (χ0n) is 13.4. The maximum Gasteiger partial charge on any atom is 0.248 e. The van der Waals surface area contributed by atoms with Crippen LogP contribution in [0.25, 0.3) is 10.9 Å². The highest BCUT2D eigenvalue weighted by Gasteiger charge is 2.19. The molecule has 2 N–H and O–H groups in total. The standard InChI is InChI=1S/C18H19N5O/c19-15-17(23-10-2-1-3-11-23)21-12-22-18(15)24-14-8-4-6-13-7-5-9-20-16(13)14/h4-9,12H,1-3,10-11,19H2. The number of aromatic nitrogens is 3. The Bertz CT molecular complexity index is 856. The Balaban J connectivity index is 1.69. The second-order valence-corrected chi connectivity index (χ2v) is 5.90. The molecule has 3 heterocycles. The number of rotatable bonds is 3. The van der Waals surface area contributed by atoms with Gasteiger partial charge in [-0.05, 0) is 31.4 Å². The highest BCUT2D eigenvalue weighted by Crippen LogP contribution is 2.34. The van der Waals surface area contributed by atoms with Crippen molar-refractivity contribution < 1.29 is 4.74 Å². The molecule has 0 radical (unpaired) electrons. The van der Waals surface area contributed by atoms with Crippen molar-refractivity contribution in [2.75, 3.05) is 23.7 Å². The number of nitrogens with two attached hydrogens (primary N) is 1. The summed E-state index contributed by atoms with van der Waals surface area (Å²) in [6, 6.07) is 9.70. The van der Waals surface area contributed by atoms with Gasteiger partial charge in [-0.2, -0.15) is 4.98 Å². The van der Waals surface area contributed by atoms with E-state index >= 15 is 0 Å². The number of piperidine rings is 1. The van der Waals surface area contributed by atoms with Crippen LogP contribution in [-0.2, 0) is 0 Å². The van der Waals surface area contributed by atoms with Crippen molar-refractivity contribution in [1.82, 2.24) is 15.0 Å². The van der Waals surface area contributed by atoms with Crippen LogP contribution in [0.5, 0.6) is 11.6 Å². The molecule has 3 aromatic rings. The van der Waals surface area contributed by atoms with Crippen LogP contribution in [-0.4, -0.2) is 28.0 Å². The SMILES string of the molecule is Nc1c(Oc2cccc3cccnc23)ncnc1N1CCCCC1. The first-order valence-electron chi connectivity index (χ1n) is 8.20. The number of nitrogens with zero attached hydrogens (tertiary/aromatic N) is 4. The highest BCUT2D eigenvalue weighted by atomic mass is 16.5. The molecule has 0 spiro atoms. The zero-order valence-corrected chi connectivity index (χ0v) is 13.4. The van der Waals surface area contributed by atoms with Gasteiger partial charge < -0.3 is 15.4 Å². The quantitative estimate of drug-likeness (QED) is 0.797. The molecule has 122 valence electrons. The molecule has 4 rings (SSSR count). The lowest BCUT2D eigenvalue weighted by atomic mass is 10.1. The third-order valence-corrected chi connectivity index (χ3v) is 4.28. The molecule has 0 unspecified atom stereocenters. The van der Waals surface area contributed by atoms with E-state index in [1.54, 1.807) is 6.20 Å². The van der Waals surface area contributed by atoms with Gasteiger partial charge in [-0.15, -0.1) is 0 Å². The Kier molecular flexibility index (Phi) is 3.86. The summed E-state index contributed by atoms with van der Waals surface area (Å²) in [6.45, 7) is 1.94. The average Bonchev–Trinajstić information content (AvgIpc) is 2.64. The van der Waals surface area contributed by atoms with Gasteiger partial charge in [-0.1, -0.05) is 18.2 Å². The maximum absolute atomic E-state index is 6.29. The molecule has 6 heteroatoms. The fourth-order valence-corrected chi connectivity index (χ4v) is 3.07. The second-order valence-electron chi connectivity index (χ2n) is 5.90. The van der Waals surface area contributed by atoms with Gasteiger partial charge in [-0.25, -0.2) is 4.98 Å². The van der Waals surface area contributed by atoms with Crippen molar-refractivity contribution in [3.05, 3.63) is 42.9 Å². The van der Waals surface area contributed by atoms with Crippen LogP contribution in [0.2, 0.25) is 0 Å². The Morgan fingerprint density at radius 1 is 0.958 bits per heavy atom. The molecule has 0 saturated carbocycles. The normalized spacial score (nSPS) is 14.8. The van der Waals surface area contributed by atoms with E-state index in [4.69, 9.17) is 10.5 Å². The van der Waals surface area contributed by atoms with Gasteiger partial charge >= 0.3 is 0 Å². The fraction of sp³-hybridized carbons (Fsp3) is 0.278. The first-order chi connectivity index (χ1) is 11.8. The van der Waals surface area contributed by atoms with E-state index in [9.17, 15) is 0 Å². The number of anilines is 2. The Morgan fingerprint density at radius 2 is 1.79 bits per heavy atom. The lowest BCUT2D eigenvalue weighted by Gasteiger charge is -2.28. The molecule has 0 atom stereocenters. The van der Waals surface area contributed by atoms with Crippen LogP contribution in [0.4, 0.5) is 11.5 Å². The summed E-state index contributed by atoms with van der Waals surface area (Å²) in [5, 5.41) is 1.01. The number of para-hydroxylation sites is 1. The van der Waals surface area contributed by atoms with Crippen LogP contribution < -0.4 is 15.4 Å². The molecule has 0 aliphatic carbocycles. The topological polar surface area (TPSA) is 77.2 Å². The lowest BCUT2D eigenvalue weighted by Crippen LogP contribution is -2.31. The molecule has 2 aromatic heterocycles. The molecule has 1 aromatic carbocycles. The van der Waals surface area contributed by atoms with E-state index in [1.807, 2.05) is 30.3 Å². The Labute approximate surface area is 140 Å². The number of hydrogen-bond acceptors (Lipinski definition) is 6. The van der Waals surface area contributed by atoms with Gasteiger partial charge in [0.1, 0.15) is 17.5 Å². The number of ether oxygens (including phenoxy) is 1. The largest absolute Gasteiger partial charge is 0.435 e. The van der Waals surface area contributed by atoms with Gasteiger partial charge in [0.2, 0.25) is 5.88 Å². The molecule has 24 heavy (non-hydrogen) atoms. The van der Waals surface area contributed by atoms with Crippen LogP contribution in [0, 0.1) is 0 Å². The first-order valence-corrected chi connectivity index (χ1v) is 8.20. The first kappa shape index (κ1) is 14.7. The van der Waals surface area contributed by atoms with Gasteiger partial charge in [-0.3, -0.25) is 4.98 Å². The van der Waals surface area contributed by atoms with Crippen molar-refractivity contribution in [1.29, 1.82) is 0 Å². The minimum Gasteiger partial charge on any atom is -0.435 e. The number of nitrogen functional groups attached to an aromatic ring is 1. The summed E-state index contributed by atoms with van der Waals surface area (Å²) in [5.74, 6) is 1.78. The lowest BCUT2D eigenvalue weighted by molar-refractivity contribution is 0.467.